The topological polar surface area (TPSA) is 87.5 Å². The van der Waals surface area contributed by atoms with E-state index in [4.69, 9.17) is 14.2 Å². The van der Waals surface area contributed by atoms with Crippen molar-refractivity contribution in [2.45, 2.75) is 12.5 Å². The lowest BCUT2D eigenvalue weighted by molar-refractivity contribution is -0.117. The van der Waals surface area contributed by atoms with Crippen LogP contribution in [0.2, 0.25) is 0 Å². The number of nitrogens with zero attached hydrogens (tertiary/aromatic N) is 3. The van der Waals surface area contributed by atoms with Gasteiger partial charge in [0.05, 0.1) is 33.8 Å². The number of rotatable bonds is 4. The number of hydrogen-bond acceptors (Lipinski definition) is 6. The van der Waals surface area contributed by atoms with E-state index in [0.717, 1.165) is 5.56 Å². The number of aromatic nitrogens is 3. The molecule has 22 heavy (non-hydrogen) atoms. The summed E-state index contributed by atoms with van der Waals surface area (Å²) in [6.07, 6.45) is 1.67. The maximum absolute atomic E-state index is 11.9. The van der Waals surface area contributed by atoms with Gasteiger partial charge in [-0.15, -0.1) is 0 Å². The molecule has 1 atom stereocenters. The van der Waals surface area contributed by atoms with Crippen molar-refractivity contribution in [2.24, 2.45) is 0 Å². The second kappa shape index (κ2) is 5.55. The molecule has 0 saturated heterocycles. The predicted molar refractivity (Wildman–Crippen MR) is 77.5 cm³/mol. The van der Waals surface area contributed by atoms with Crippen LogP contribution >= 0.6 is 0 Å². The largest absolute Gasteiger partial charge is 0.493 e. The Bertz CT molecular complexity index is 688. The molecule has 0 aliphatic carbocycles. The minimum atomic E-state index is -0.278. The number of anilines is 1. The summed E-state index contributed by atoms with van der Waals surface area (Å²) in [6, 6.07) is 3.35. The molecule has 1 aliphatic heterocycles. The van der Waals surface area contributed by atoms with Crippen LogP contribution in [0, 0.1) is 0 Å². The highest BCUT2D eigenvalue weighted by molar-refractivity contribution is 5.91. The second-order valence-electron chi connectivity index (χ2n) is 4.75. The fraction of sp³-hybridized carbons (Fsp3) is 0.357. The number of carbonyl (C=O) groups excluding carboxylic acids is 1. The second-order valence-corrected chi connectivity index (χ2v) is 4.75. The van der Waals surface area contributed by atoms with E-state index in [1.807, 2.05) is 12.1 Å². The first-order valence-electron chi connectivity index (χ1n) is 6.67. The van der Waals surface area contributed by atoms with Crippen molar-refractivity contribution in [3.63, 3.8) is 0 Å². The van der Waals surface area contributed by atoms with Crippen molar-refractivity contribution in [3.05, 3.63) is 24.0 Å². The summed E-state index contributed by atoms with van der Waals surface area (Å²) in [6.45, 7) is 0. The molecule has 0 saturated carbocycles. The molecular weight excluding hydrogens is 288 g/mol. The molecule has 116 valence electrons. The fourth-order valence-corrected chi connectivity index (χ4v) is 2.56. The van der Waals surface area contributed by atoms with Crippen LogP contribution in [0.1, 0.15) is 18.0 Å². The van der Waals surface area contributed by atoms with Crippen molar-refractivity contribution in [3.8, 4) is 17.2 Å². The summed E-state index contributed by atoms with van der Waals surface area (Å²) in [4.78, 5) is 15.9. The van der Waals surface area contributed by atoms with Gasteiger partial charge < -0.3 is 14.2 Å². The van der Waals surface area contributed by atoms with E-state index in [1.54, 1.807) is 26.0 Å². The Morgan fingerprint density at radius 3 is 2.45 bits per heavy atom. The molecule has 2 heterocycles. The zero-order valence-corrected chi connectivity index (χ0v) is 12.5. The first-order valence-corrected chi connectivity index (χ1v) is 6.67. The number of amides is 1. The van der Waals surface area contributed by atoms with Crippen molar-refractivity contribution in [2.75, 3.05) is 26.6 Å². The molecule has 1 amide bonds. The third kappa shape index (κ3) is 2.22. The highest BCUT2D eigenvalue weighted by Gasteiger charge is 2.29. The first-order chi connectivity index (χ1) is 10.7. The quantitative estimate of drug-likeness (QED) is 0.914. The molecule has 0 radical (unpaired) electrons. The fourth-order valence-electron chi connectivity index (χ4n) is 2.56. The van der Waals surface area contributed by atoms with Crippen LogP contribution in [-0.4, -0.2) is 42.0 Å². The Labute approximate surface area is 127 Å². The molecule has 8 nitrogen and oxygen atoms in total. The Hall–Kier alpha value is -2.77. The van der Waals surface area contributed by atoms with Crippen LogP contribution < -0.4 is 19.5 Å². The maximum atomic E-state index is 11.9. The molecule has 8 heteroatoms. The molecule has 1 N–H and O–H groups in total. The van der Waals surface area contributed by atoms with Gasteiger partial charge in [-0.3, -0.25) is 10.1 Å². The van der Waals surface area contributed by atoms with Gasteiger partial charge in [0.1, 0.15) is 6.33 Å². The Morgan fingerprint density at radius 2 is 1.86 bits per heavy atom. The molecule has 0 spiro atoms. The highest BCUT2D eigenvalue weighted by Crippen LogP contribution is 2.41. The van der Waals surface area contributed by atoms with Gasteiger partial charge >= 0.3 is 0 Å². The summed E-state index contributed by atoms with van der Waals surface area (Å²) in [5.41, 5.74) is 0.830. The molecule has 2 aromatic rings. The number of carbonyl (C=O) groups is 1. The van der Waals surface area contributed by atoms with Crippen LogP contribution in [0.4, 0.5) is 5.95 Å². The number of methoxy groups -OCH3 is 3. The summed E-state index contributed by atoms with van der Waals surface area (Å²) < 4.78 is 17.7. The summed E-state index contributed by atoms with van der Waals surface area (Å²) in [5, 5.41) is 6.86. The van der Waals surface area contributed by atoms with E-state index >= 15 is 0 Å². The monoisotopic (exact) mass is 304 g/mol. The molecule has 0 fully saturated rings. The van der Waals surface area contributed by atoms with Crippen molar-refractivity contribution >= 4 is 11.9 Å². The molecule has 0 bridgehead atoms. The summed E-state index contributed by atoms with van der Waals surface area (Å²) in [7, 11) is 4.65. The lowest BCUT2D eigenvalue weighted by atomic mass is 10.0. The highest BCUT2D eigenvalue weighted by atomic mass is 16.5. The standard InChI is InChI=1S/C14H16N4O4/c1-20-10-4-8(5-11(21-2)13(10)22-3)9-6-12(19)17-14-15-7-16-18(9)14/h4-5,7,9H,6H2,1-3H3,(H,15,16,17,19)/t9-/m0/s1. The van der Waals surface area contributed by atoms with Crippen molar-refractivity contribution < 1.29 is 19.0 Å². The van der Waals surface area contributed by atoms with E-state index in [0.29, 0.717) is 23.2 Å². The third-order valence-electron chi connectivity index (χ3n) is 3.57. The van der Waals surface area contributed by atoms with Crippen LogP contribution in [0.15, 0.2) is 18.5 Å². The van der Waals surface area contributed by atoms with E-state index in [2.05, 4.69) is 15.4 Å². The normalized spacial score (nSPS) is 16.7. The average Bonchev–Trinajstić information content (AvgIpc) is 3.00. The lowest BCUT2D eigenvalue weighted by Crippen LogP contribution is -2.29. The van der Waals surface area contributed by atoms with E-state index < -0.39 is 0 Å². The first kappa shape index (κ1) is 14.2. The average molecular weight is 304 g/mol. The molecule has 3 rings (SSSR count). The molecule has 1 aliphatic rings. The Balaban J connectivity index is 2.11. The van der Waals surface area contributed by atoms with Gasteiger partial charge in [-0.25, -0.2) is 4.68 Å². The van der Waals surface area contributed by atoms with Crippen LogP contribution in [-0.2, 0) is 4.79 Å². The van der Waals surface area contributed by atoms with Gasteiger partial charge in [0.2, 0.25) is 17.6 Å². The van der Waals surface area contributed by atoms with Crippen molar-refractivity contribution in [1.29, 1.82) is 0 Å². The van der Waals surface area contributed by atoms with Gasteiger partial charge in [0, 0.05) is 0 Å². The van der Waals surface area contributed by atoms with Gasteiger partial charge in [-0.05, 0) is 17.7 Å². The maximum Gasteiger partial charge on any atom is 0.229 e. The van der Waals surface area contributed by atoms with Gasteiger partial charge in [0.15, 0.2) is 11.5 Å². The number of hydrogen-bond donors (Lipinski definition) is 1. The lowest BCUT2D eigenvalue weighted by Gasteiger charge is -2.25. The summed E-state index contributed by atoms with van der Waals surface area (Å²) in [5.74, 6) is 1.89. The van der Waals surface area contributed by atoms with Crippen LogP contribution in [0.3, 0.4) is 0 Å². The zero-order chi connectivity index (χ0) is 15.7. The van der Waals surface area contributed by atoms with Gasteiger partial charge in [0.25, 0.3) is 0 Å². The molecule has 0 unspecified atom stereocenters. The van der Waals surface area contributed by atoms with E-state index in [9.17, 15) is 4.79 Å². The van der Waals surface area contributed by atoms with Crippen LogP contribution in [0.25, 0.3) is 0 Å². The predicted octanol–water partition coefficient (Wildman–Crippen LogP) is 1.24. The molecular formula is C14H16N4O4. The number of nitrogens with one attached hydrogen (secondary N) is 1. The van der Waals surface area contributed by atoms with Gasteiger partial charge in [-0.2, -0.15) is 10.1 Å². The number of fused-ring (bicyclic) bond motifs is 1. The van der Waals surface area contributed by atoms with E-state index in [-0.39, 0.29) is 18.4 Å². The smallest absolute Gasteiger partial charge is 0.229 e. The SMILES string of the molecule is COc1cc([C@@H]2CC(=O)Nc3ncnn32)cc(OC)c1OC. The van der Waals surface area contributed by atoms with Crippen molar-refractivity contribution in [1.82, 2.24) is 14.8 Å². The number of ether oxygens (including phenoxy) is 3. The third-order valence-corrected chi connectivity index (χ3v) is 3.57. The zero-order valence-electron chi connectivity index (χ0n) is 12.5. The minimum Gasteiger partial charge on any atom is -0.493 e. The molecule has 1 aromatic heterocycles. The minimum absolute atomic E-state index is 0.112. The Kier molecular flexibility index (Phi) is 3.58. The van der Waals surface area contributed by atoms with E-state index in [1.165, 1.54) is 6.33 Å². The number of benzene rings is 1. The Morgan fingerprint density at radius 1 is 1.18 bits per heavy atom. The molecule has 1 aromatic carbocycles. The summed E-state index contributed by atoms with van der Waals surface area (Å²) >= 11 is 0. The van der Waals surface area contributed by atoms with Gasteiger partial charge in [-0.1, -0.05) is 0 Å². The van der Waals surface area contributed by atoms with Crippen LogP contribution in [0.5, 0.6) is 17.2 Å².